The summed E-state index contributed by atoms with van der Waals surface area (Å²) < 4.78 is 17.0. The van der Waals surface area contributed by atoms with Gasteiger partial charge < -0.3 is 9.97 Å². The number of hydrogen-bond acceptors (Lipinski definition) is 6. The van der Waals surface area contributed by atoms with E-state index >= 15 is 0 Å². The van der Waals surface area contributed by atoms with Gasteiger partial charge in [0.25, 0.3) is 5.91 Å². The van der Waals surface area contributed by atoms with Crippen molar-refractivity contribution in [2.75, 3.05) is 5.88 Å². The van der Waals surface area contributed by atoms with E-state index in [4.69, 9.17) is 19.7 Å². The molecule has 0 bridgehead atoms. The zero-order valence-electron chi connectivity index (χ0n) is 13.6. The molecule has 0 aliphatic carbocycles. The number of amides is 2. The lowest BCUT2D eigenvalue weighted by molar-refractivity contribution is -0.150. The van der Waals surface area contributed by atoms with Crippen LogP contribution in [-0.4, -0.2) is 57.5 Å². The largest absolute Gasteiger partial charge is 0.539 e. The third kappa shape index (κ3) is 3.10. The number of carbonyl (C=O) groups excluding carboxylic acids is 3. The van der Waals surface area contributed by atoms with Crippen LogP contribution >= 0.6 is 22.9 Å². The molecule has 1 aromatic heterocycles. The smallest absolute Gasteiger partial charge is 0.378 e. The molecule has 26 heavy (non-hydrogen) atoms. The van der Waals surface area contributed by atoms with Gasteiger partial charge >= 0.3 is 14.0 Å². The third-order valence-electron chi connectivity index (χ3n) is 4.34. The summed E-state index contributed by atoms with van der Waals surface area (Å²) in [5.74, 6) is -1.92. The number of alkyl halides is 1. The monoisotopic (exact) mass is 412 g/mol. The Hall–Kier alpha value is -1.65. The Morgan fingerprint density at radius 2 is 2.23 bits per heavy atom. The summed E-state index contributed by atoms with van der Waals surface area (Å²) in [5, 5.41) is 3.02. The number of rotatable bonds is 5. The van der Waals surface area contributed by atoms with Crippen molar-refractivity contribution in [3.05, 3.63) is 33.7 Å². The Balaban J connectivity index is 1.83. The second-order valence-corrected chi connectivity index (χ2v) is 8.93. The van der Waals surface area contributed by atoms with Crippen molar-refractivity contribution in [3.63, 3.8) is 0 Å². The van der Waals surface area contributed by atoms with E-state index in [1.165, 1.54) is 11.3 Å². The molecular formula is C15H14BClN2O5S2. The number of β-lactam (4-membered cyclic amide) rings is 1. The lowest BCUT2D eigenvalue weighted by Crippen LogP contribution is -2.74. The summed E-state index contributed by atoms with van der Waals surface area (Å²) >= 11 is 7.30. The Kier molecular flexibility index (Phi) is 5.54. The van der Waals surface area contributed by atoms with Crippen LogP contribution in [0.1, 0.15) is 11.8 Å². The molecule has 1 fully saturated rings. The molecule has 0 aromatic carbocycles. The molecule has 0 spiro atoms. The fourth-order valence-corrected chi connectivity index (χ4v) is 5.94. The molecule has 1 unspecified atom stereocenters. The van der Waals surface area contributed by atoms with Gasteiger partial charge in [0, 0.05) is 10.8 Å². The van der Waals surface area contributed by atoms with Gasteiger partial charge in [0.15, 0.2) is 0 Å². The first-order chi connectivity index (χ1) is 12.4. The molecule has 0 saturated carbocycles. The van der Waals surface area contributed by atoms with Crippen molar-refractivity contribution in [2.24, 2.45) is 0 Å². The van der Waals surface area contributed by atoms with E-state index in [-0.39, 0.29) is 23.9 Å². The van der Waals surface area contributed by atoms with Crippen LogP contribution in [0.5, 0.6) is 0 Å². The summed E-state index contributed by atoms with van der Waals surface area (Å²) in [6.45, 7) is 1.64. The summed E-state index contributed by atoms with van der Waals surface area (Å²) in [4.78, 5) is 38.7. The van der Waals surface area contributed by atoms with Crippen LogP contribution < -0.4 is 5.32 Å². The van der Waals surface area contributed by atoms with E-state index in [0.29, 0.717) is 5.57 Å². The molecule has 1 N–H and O–H groups in total. The van der Waals surface area contributed by atoms with Gasteiger partial charge in [-0.1, -0.05) is 6.07 Å². The first-order valence-electron chi connectivity index (χ1n) is 7.65. The molecule has 2 aliphatic heterocycles. The van der Waals surface area contributed by atoms with Crippen molar-refractivity contribution in [3.8, 4) is 0 Å². The Labute approximate surface area is 162 Å². The minimum atomic E-state index is -1.55. The second-order valence-electron chi connectivity index (χ2n) is 5.78. The van der Waals surface area contributed by atoms with Crippen LogP contribution in [-0.2, 0) is 36.3 Å². The van der Waals surface area contributed by atoms with Crippen molar-refractivity contribution in [2.45, 2.75) is 30.0 Å². The van der Waals surface area contributed by atoms with Crippen LogP contribution in [0.4, 0.5) is 0 Å². The van der Waals surface area contributed by atoms with Crippen LogP contribution in [0.25, 0.3) is 0 Å². The Bertz CT molecular complexity index is 813. The van der Waals surface area contributed by atoms with E-state index in [0.717, 1.165) is 9.78 Å². The second kappa shape index (κ2) is 7.54. The van der Waals surface area contributed by atoms with Crippen molar-refractivity contribution >= 4 is 59.6 Å². The quantitative estimate of drug-likeness (QED) is 0.424. The van der Waals surface area contributed by atoms with Gasteiger partial charge in [-0.25, -0.2) is 4.79 Å². The number of thiophene rings is 1. The summed E-state index contributed by atoms with van der Waals surface area (Å²) in [5.41, 5.74) is 0.238. The molecule has 4 atom stereocenters. The van der Waals surface area contributed by atoms with Crippen LogP contribution in [0.3, 0.4) is 0 Å². The predicted molar refractivity (Wildman–Crippen MR) is 97.8 cm³/mol. The third-order valence-corrected chi connectivity index (χ3v) is 7.45. The van der Waals surface area contributed by atoms with Gasteiger partial charge in [-0.05, 0) is 23.9 Å². The molecule has 2 radical (unpaired) electrons. The van der Waals surface area contributed by atoms with Gasteiger partial charge in [0.2, 0.25) is 5.91 Å². The normalized spacial score (nSPS) is 27.6. The molecule has 3 rings (SSSR count). The number of fused-ring (bicyclic) bond motifs is 1. The van der Waals surface area contributed by atoms with E-state index < -0.39 is 39.3 Å². The lowest BCUT2D eigenvalue weighted by atomic mass is 10.0. The van der Waals surface area contributed by atoms with E-state index in [1.807, 2.05) is 17.5 Å². The minimum absolute atomic E-state index is 0.0895. The molecule has 2 aliphatic rings. The zero-order chi connectivity index (χ0) is 19.0. The van der Waals surface area contributed by atoms with Gasteiger partial charge in [0.05, 0.1) is 22.5 Å². The fraction of sp³-hybridized carbons (Fsp3) is 0.400. The maximum atomic E-state index is 12.8. The van der Waals surface area contributed by atoms with Crippen molar-refractivity contribution in [1.29, 1.82) is 0 Å². The van der Waals surface area contributed by atoms with Gasteiger partial charge in [-0.3, -0.25) is 18.7 Å². The van der Waals surface area contributed by atoms with Crippen LogP contribution in [0.15, 0.2) is 28.8 Å². The molecule has 7 nitrogen and oxygen atoms in total. The highest BCUT2D eigenvalue weighted by Crippen LogP contribution is 2.38. The molecule has 11 heteroatoms. The number of nitrogens with zero attached hydrogens (tertiary/aromatic N) is 1. The SMILES string of the molecule is [B]OC(=O)C1=C(CCl)[C@H](C)S(=O)[C@@H]2[C@H](NC(=O)Cc3cccs3)C(=O)N12. The molecule has 1 aromatic rings. The average molecular weight is 413 g/mol. The summed E-state index contributed by atoms with van der Waals surface area (Å²) in [7, 11) is 3.41. The predicted octanol–water partition coefficient (Wildman–Crippen LogP) is 0.214. The maximum Gasteiger partial charge on any atom is 0.378 e. The number of nitrogens with one attached hydrogen (secondary N) is 1. The number of hydrogen-bond donors (Lipinski definition) is 1. The topological polar surface area (TPSA) is 92.8 Å². The van der Waals surface area contributed by atoms with Gasteiger partial charge in [-0.2, -0.15) is 0 Å². The van der Waals surface area contributed by atoms with Crippen LogP contribution in [0.2, 0.25) is 0 Å². The van der Waals surface area contributed by atoms with Gasteiger partial charge in [0.1, 0.15) is 17.1 Å². The molecule has 1 saturated heterocycles. The molecule has 3 heterocycles. The number of halogens is 1. The summed E-state index contributed by atoms with van der Waals surface area (Å²) in [6, 6.07) is 2.67. The Morgan fingerprint density at radius 1 is 1.50 bits per heavy atom. The molecule has 2 amide bonds. The zero-order valence-corrected chi connectivity index (χ0v) is 16.0. The van der Waals surface area contributed by atoms with E-state index in [2.05, 4.69) is 9.97 Å². The van der Waals surface area contributed by atoms with E-state index in [9.17, 15) is 18.6 Å². The first-order valence-corrected chi connectivity index (χ1v) is 10.3. The Morgan fingerprint density at radius 3 is 2.81 bits per heavy atom. The maximum absolute atomic E-state index is 12.8. The van der Waals surface area contributed by atoms with Gasteiger partial charge in [-0.15, -0.1) is 22.9 Å². The number of carbonyl (C=O) groups is 3. The molecule has 136 valence electrons. The highest BCUT2D eigenvalue weighted by Gasteiger charge is 2.58. The van der Waals surface area contributed by atoms with E-state index in [1.54, 1.807) is 6.92 Å². The fourth-order valence-electron chi connectivity index (χ4n) is 3.02. The van der Waals surface area contributed by atoms with Crippen LogP contribution in [0, 0.1) is 0 Å². The van der Waals surface area contributed by atoms with Crippen molar-refractivity contribution < 1.29 is 23.2 Å². The average Bonchev–Trinajstić information content (AvgIpc) is 3.13. The lowest BCUT2D eigenvalue weighted by Gasteiger charge is -2.50. The van der Waals surface area contributed by atoms with Crippen molar-refractivity contribution in [1.82, 2.24) is 10.2 Å². The minimum Gasteiger partial charge on any atom is -0.539 e. The summed E-state index contributed by atoms with van der Waals surface area (Å²) in [6.07, 6.45) is 0.122. The standard InChI is InChI=1S/C15H14BClN2O5S2/c1-7-9(6-17)12(15(22)24-16)19-13(21)11(14(19)26(7)23)18-10(20)5-8-3-2-4-25-8/h2-4,7,11,14H,5-6H2,1H3,(H,18,20)/t7-,11+,14+,26?/m0/s1. The first kappa shape index (κ1) is 19.1. The highest BCUT2D eigenvalue weighted by molar-refractivity contribution is 7.86. The highest BCUT2D eigenvalue weighted by atomic mass is 35.5. The molecular weight excluding hydrogens is 399 g/mol.